The van der Waals surface area contributed by atoms with Crippen LogP contribution < -0.4 is 0 Å². The van der Waals surface area contributed by atoms with E-state index in [1.54, 1.807) is 4.90 Å². The molecule has 1 aromatic heterocycles. The van der Waals surface area contributed by atoms with Gasteiger partial charge in [-0.2, -0.15) is 0 Å². The van der Waals surface area contributed by atoms with E-state index in [1.165, 1.54) is 0 Å². The Bertz CT molecular complexity index is 722. The van der Waals surface area contributed by atoms with Gasteiger partial charge in [-0.1, -0.05) is 32.0 Å². The van der Waals surface area contributed by atoms with Gasteiger partial charge in [0.05, 0.1) is 5.56 Å². The molecule has 0 unspecified atom stereocenters. The Morgan fingerprint density at radius 3 is 2.45 bits per heavy atom. The lowest BCUT2D eigenvalue weighted by atomic mass is 9.91. The molecule has 1 N–H and O–H groups in total. The number of aromatic nitrogens is 1. The van der Waals surface area contributed by atoms with Gasteiger partial charge in [0, 0.05) is 29.7 Å². The quantitative estimate of drug-likeness (QED) is 0.684. The molecule has 2 atom stereocenters. The molecule has 0 saturated carbocycles. The molecule has 1 aromatic carbocycles. The van der Waals surface area contributed by atoms with Crippen molar-refractivity contribution in [2.45, 2.75) is 27.2 Å². The molecular weight excluding hydrogens is 276 g/mol. The van der Waals surface area contributed by atoms with Crippen molar-refractivity contribution in [2.75, 3.05) is 13.1 Å². The van der Waals surface area contributed by atoms with Gasteiger partial charge in [0.2, 0.25) is 0 Å². The van der Waals surface area contributed by atoms with Gasteiger partial charge in [0.25, 0.3) is 11.7 Å². The van der Waals surface area contributed by atoms with Gasteiger partial charge >= 0.3 is 0 Å². The predicted molar refractivity (Wildman–Crippen MR) is 86.9 cm³/mol. The first-order chi connectivity index (χ1) is 10.5. The molecule has 22 heavy (non-hydrogen) atoms. The second-order valence-corrected chi connectivity index (χ2v) is 6.66. The van der Waals surface area contributed by atoms with Crippen LogP contribution in [0.15, 0.2) is 24.3 Å². The average molecular weight is 298 g/mol. The summed E-state index contributed by atoms with van der Waals surface area (Å²) in [5.74, 6) is 0.136. The molecule has 1 amide bonds. The van der Waals surface area contributed by atoms with E-state index in [0.717, 1.165) is 23.0 Å². The fourth-order valence-corrected chi connectivity index (χ4v) is 3.65. The Balaban J connectivity index is 1.92. The SMILES string of the molecule is Cc1[nH]c2ccccc2c1C(=O)C(=O)N1C[C@H](C)C[C@H](C)C1. The van der Waals surface area contributed by atoms with Crippen molar-refractivity contribution >= 4 is 22.6 Å². The first-order valence-electron chi connectivity index (χ1n) is 7.88. The number of rotatable bonds is 2. The van der Waals surface area contributed by atoms with Crippen molar-refractivity contribution < 1.29 is 9.59 Å². The molecule has 4 nitrogen and oxygen atoms in total. The summed E-state index contributed by atoms with van der Waals surface area (Å²) in [5, 5.41) is 0.830. The van der Waals surface area contributed by atoms with Gasteiger partial charge in [-0.25, -0.2) is 0 Å². The lowest BCUT2D eigenvalue weighted by Gasteiger charge is -2.34. The van der Waals surface area contributed by atoms with Crippen molar-refractivity contribution in [1.29, 1.82) is 0 Å². The van der Waals surface area contributed by atoms with Crippen LogP contribution in [0.3, 0.4) is 0 Å². The van der Waals surface area contributed by atoms with Crippen molar-refractivity contribution in [3.63, 3.8) is 0 Å². The molecule has 3 rings (SSSR count). The normalized spacial score (nSPS) is 22.0. The Kier molecular flexibility index (Phi) is 3.77. The molecule has 1 saturated heterocycles. The molecule has 2 aromatic rings. The number of nitrogens with one attached hydrogen (secondary N) is 1. The van der Waals surface area contributed by atoms with Crippen LogP contribution in [0.2, 0.25) is 0 Å². The number of fused-ring (bicyclic) bond motifs is 1. The minimum Gasteiger partial charge on any atom is -0.358 e. The molecule has 1 aliphatic rings. The van der Waals surface area contributed by atoms with Crippen LogP contribution in [0.4, 0.5) is 0 Å². The third-order valence-corrected chi connectivity index (χ3v) is 4.47. The predicted octanol–water partition coefficient (Wildman–Crippen LogP) is 3.16. The molecule has 1 aliphatic heterocycles. The van der Waals surface area contributed by atoms with Crippen LogP contribution >= 0.6 is 0 Å². The number of amides is 1. The Morgan fingerprint density at radius 2 is 1.77 bits per heavy atom. The number of ketones is 1. The summed E-state index contributed by atoms with van der Waals surface area (Å²) in [6.07, 6.45) is 1.12. The van der Waals surface area contributed by atoms with E-state index in [1.807, 2.05) is 31.2 Å². The summed E-state index contributed by atoms with van der Waals surface area (Å²) in [6, 6.07) is 7.62. The summed E-state index contributed by atoms with van der Waals surface area (Å²) in [7, 11) is 0. The molecule has 0 radical (unpaired) electrons. The molecule has 0 aliphatic carbocycles. The number of likely N-dealkylation sites (tertiary alicyclic amines) is 1. The molecule has 116 valence electrons. The molecule has 1 fully saturated rings. The van der Waals surface area contributed by atoms with Crippen LogP contribution in [0.1, 0.15) is 36.3 Å². The lowest BCUT2D eigenvalue weighted by Crippen LogP contribution is -2.45. The summed E-state index contributed by atoms with van der Waals surface area (Å²) in [6.45, 7) is 7.48. The van der Waals surface area contributed by atoms with Gasteiger partial charge in [-0.3, -0.25) is 9.59 Å². The number of aryl methyl sites for hydroxylation is 1. The number of carbonyl (C=O) groups excluding carboxylic acids is 2. The number of carbonyl (C=O) groups is 2. The van der Waals surface area contributed by atoms with E-state index in [9.17, 15) is 9.59 Å². The highest BCUT2D eigenvalue weighted by Crippen LogP contribution is 2.25. The van der Waals surface area contributed by atoms with Crippen molar-refractivity contribution in [2.24, 2.45) is 11.8 Å². The van der Waals surface area contributed by atoms with Crippen LogP contribution in [0.25, 0.3) is 10.9 Å². The first-order valence-corrected chi connectivity index (χ1v) is 7.88. The van der Waals surface area contributed by atoms with Crippen LogP contribution in [-0.2, 0) is 4.79 Å². The van der Waals surface area contributed by atoms with Crippen LogP contribution in [-0.4, -0.2) is 34.7 Å². The number of hydrogen-bond acceptors (Lipinski definition) is 2. The Morgan fingerprint density at radius 1 is 1.14 bits per heavy atom. The Labute approximate surface area is 130 Å². The molecular formula is C18H22N2O2. The standard InChI is InChI=1S/C18H22N2O2/c1-11-8-12(2)10-20(9-11)18(22)17(21)16-13(3)19-15-7-5-4-6-14(15)16/h4-7,11-12,19H,8-10H2,1-3H3/t11-,12+. The lowest BCUT2D eigenvalue weighted by molar-refractivity contribution is -0.129. The number of piperidine rings is 1. The summed E-state index contributed by atoms with van der Waals surface area (Å²) < 4.78 is 0. The van der Waals surface area contributed by atoms with Gasteiger partial charge < -0.3 is 9.88 Å². The van der Waals surface area contributed by atoms with E-state index in [-0.39, 0.29) is 5.91 Å². The molecule has 0 spiro atoms. The summed E-state index contributed by atoms with van der Waals surface area (Å²) in [4.78, 5) is 30.3. The summed E-state index contributed by atoms with van der Waals surface area (Å²) in [5.41, 5.74) is 2.18. The highest BCUT2D eigenvalue weighted by atomic mass is 16.2. The number of para-hydroxylation sites is 1. The third kappa shape index (κ3) is 2.54. The van der Waals surface area contributed by atoms with Crippen LogP contribution in [0.5, 0.6) is 0 Å². The van der Waals surface area contributed by atoms with Gasteiger partial charge in [0.15, 0.2) is 0 Å². The summed E-state index contributed by atoms with van der Waals surface area (Å²) >= 11 is 0. The van der Waals surface area contributed by atoms with E-state index in [0.29, 0.717) is 30.5 Å². The zero-order chi connectivity index (χ0) is 15.9. The van der Waals surface area contributed by atoms with E-state index in [4.69, 9.17) is 0 Å². The zero-order valence-electron chi connectivity index (χ0n) is 13.3. The fourth-order valence-electron chi connectivity index (χ4n) is 3.65. The van der Waals surface area contributed by atoms with Gasteiger partial charge in [-0.05, 0) is 31.2 Å². The monoisotopic (exact) mass is 298 g/mol. The van der Waals surface area contributed by atoms with E-state index >= 15 is 0 Å². The Hall–Kier alpha value is -2.10. The van der Waals surface area contributed by atoms with Crippen LogP contribution in [0, 0.1) is 18.8 Å². The number of nitrogens with zero attached hydrogens (tertiary/aromatic N) is 1. The fraction of sp³-hybridized carbons (Fsp3) is 0.444. The van der Waals surface area contributed by atoms with Crippen molar-refractivity contribution in [3.05, 3.63) is 35.5 Å². The maximum Gasteiger partial charge on any atom is 0.295 e. The van der Waals surface area contributed by atoms with Crippen molar-refractivity contribution in [3.8, 4) is 0 Å². The maximum atomic E-state index is 12.7. The van der Waals surface area contributed by atoms with E-state index in [2.05, 4.69) is 18.8 Å². The number of H-pyrrole nitrogens is 1. The van der Waals surface area contributed by atoms with E-state index < -0.39 is 5.78 Å². The highest BCUT2D eigenvalue weighted by molar-refractivity contribution is 6.45. The second-order valence-electron chi connectivity index (χ2n) is 6.66. The highest BCUT2D eigenvalue weighted by Gasteiger charge is 2.31. The number of aromatic amines is 1. The number of benzene rings is 1. The first kappa shape index (κ1) is 14.8. The maximum absolute atomic E-state index is 12.7. The molecule has 4 heteroatoms. The minimum absolute atomic E-state index is 0.369. The van der Waals surface area contributed by atoms with Gasteiger partial charge in [-0.15, -0.1) is 0 Å². The smallest absolute Gasteiger partial charge is 0.295 e. The minimum atomic E-state index is -0.392. The topological polar surface area (TPSA) is 53.2 Å². The van der Waals surface area contributed by atoms with Crippen molar-refractivity contribution in [1.82, 2.24) is 9.88 Å². The third-order valence-electron chi connectivity index (χ3n) is 4.47. The van der Waals surface area contributed by atoms with Gasteiger partial charge in [0.1, 0.15) is 0 Å². The zero-order valence-corrected chi connectivity index (χ0v) is 13.3. The average Bonchev–Trinajstić information content (AvgIpc) is 2.80. The molecule has 2 heterocycles. The second kappa shape index (κ2) is 5.59. The number of Topliss-reactive ketones (excluding diaryl/α,β-unsaturated/α-hetero) is 1. The molecule has 0 bridgehead atoms. The number of hydrogen-bond donors (Lipinski definition) is 1. The largest absolute Gasteiger partial charge is 0.358 e.